The molecule has 5 aromatic rings. The smallest absolute Gasteiger partial charge is 0.411 e. The Balaban J connectivity index is 0.000000207. The van der Waals surface area contributed by atoms with E-state index in [0.29, 0.717) is 12.3 Å². The summed E-state index contributed by atoms with van der Waals surface area (Å²) in [5.41, 5.74) is 0.338. The van der Waals surface area contributed by atoms with Crippen molar-refractivity contribution in [1.82, 2.24) is 19.6 Å². The summed E-state index contributed by atoms with van der Waals surface area (Å²) in [7, 11) is 0. The molecular weight excluding hydrogens is 696 g/mol. The summed E-state index contributed by atoms with van der Waals surface area (Å²) in [4.78, 5) is 71.3. The van der Waals surface area contributed by atoms with Crippen LogP contribution in [0.4, 0.5) is 39.2 Å². The van der Waals surface area contributed by atoms with Gasteiger partial charge in [-0.15, -0.1) is 5.10 Å². The van der Waals surface area contributed by atoms with Crippen molar-refractivity contribution < 1.29 is 38.3 Å². The Hall–Kier alpha value is -7.23. The number of carbonyl (C=O) groups is 3. The number of rotatable bonds is 10. The van der Waals surface area contributed by atoms with Crippen molar-refractivity contribution in [1.29, 1.82) is 0 Å². The number of hydrogen-bond donors (Lipinski definition) is 3. The van der Waals surface area contributed by atoms with Crippen molar-refractivity contribution in [3.8, 4) is 0 Å². The highest BCUT2D eigenvalue weighted by molar-refractivity contribution is 7.03. The average Bonchev–Trinajstić information content (AvgIpc) is 3.85. The van der Waals surface area contributed by atoms with Gasteiger partial charge in [0.25, 0.3) is 28.9 Å². The number of hydrogen-bond acceptors (Lipinski definition) is 16. The number of nitro groups is 3. The molecule has 1 aromatic carbocycles. The van der Waals surface area contributed by atoms with Crippen LogP contribution in [-0.2, 0) is 4.74 Å². The van der Waals surface area contributed by atoms with Gasteiger partial charge in [-0.05, 0) is 53.8 Å². The zero-order chi connectivity index (χ0) is 37.3. The van der Waals surface area contributed by atoms with Crippen molar-refractivity contribution in [3.63, 3.8) is 0 Å². The number of furan rings is 1. The normalized spacial score (nSPS) is 9.94. The molecule has 0 unspecified atom stereocenters. The van der Waals surface area contributed by atoms with Crippen LogP contribution in [0.1, 0.15) is 34.9 Å². The summed E-state index contributed by atoms with van der Waals surface area (Å²) in [5, 5.41) is 43.6. The fourth-order valence-electron chi connectivity index (χ4n) is 3.23. The molecule has 0 spiro atoms. The maximum absolute atomic E-state index is 11.5. The molecule has 3 N–H and O–H groups in total. The monoisotopic (exact) mass is 722 g/mol. The summed E-state index contributed by atoms with van der Waals surface area (Å²) in [6.45, 7) is 4.19. The largest absolute Gasteiger partial charge is 0.459 e. The molecule has 0 fully saturated rings. The third-order valence-electron chi connectivity index (χ3n) is 5.61. The molecule has 22 heteroatoms. The lowest BCUT2D eigenvalue weighted by atomic mass is 10.2. The van der Waals surface area contributed by atoms with E-state index in [0.717, 1.165) is 23.9 Å². The lowest BCUT2D eigenvalue weighted by Crippen LogP contribution is -2.16. The Morgan fingerprint density at radius 2 is 1.33 bits per heavy atom. The molecule has 264 valence electrons. The molecule has 21 nitrogen and oxygen atoms in total. The first-order chi connectivity index (χ1) is 24.3. The van der Waals surface area contributed by atoms with Gasteiger partial charge < -0.3 is 19.8 Å². The van der Waals surface area contributed by atoms with Gasteiger partial charge in [-0.25, -0.2) is 14.8 Å². The molecule has 0 radical (unpaired) electrons. The van der Waals surface area contributed by atoms with E-state index in [1.54, 1.807) is 6.07 Å². The molecule has 4 heterocycles. The second kappa shape index (κ2) is 18.9. The first kappa shape index (κ1) is 38.2. The molecule has 4 aromatic heterocycles. The number of pyridine rings is 2. The second-order valence-corrected chi connectivity index (χ2v) is 10.5. The second-order valence-electron chi connectivity index (χ2n) is 9.91. The SMILES string of the molecule is CC(C)COC(=O)Nc1ccc([N+](=O)[O-])cc1.O=C(Nc1ccc([N+](=O)[O-])cn1)c1ccco1.O=C(Nc1ccc([N+](=O)[O-])cn1)c1csnn1. The van der Waals surface area contributed by atoms with Gasteiger partial charge in [0, 0.05) is 35.3 Å². The van der Waals surface area contributed by atoms with Crippen LogP contribution in [0, 0.1) is 36.3 Å². The predicted molar refractivity (Wildman–Crippen MR) is 179 cm³/mol. The van der Waals surface area contributed by atoms with Crippen molar-refractivity contribution in [2.45, 2.75) is 13.8 Å². The van der Waals surface area contributed by atoms with Gasteiger partial charge in [-0.3, -0.25) is 45.2 Å². The third kappa shape index (κ3) is 13.1. The molecule has 3 amide bonds. The summed E-state index contributed by atoms with van der Waals surface area (Å²) < 4.78 is 13.3. The minimum absolute atomic E-state index is 0.0221. The highest BCUT2D eigenvalue weighted by Crippen LogP contribution is 2.16. The van der Waals surface area contributed by atoms with Crippen molar-refractivity contribution >= 4 is 63.8 Å². The maximum atomic E-state index is 11.5. The molecular formula is C29H26N10O11S. The van der Waals surface area contributed by atoms with E-state index in [1.165, 1.54) is 66.2 Å². The van der Waals surface area contributed by atoms with Gasteiger partial charge in [0.05, 0.1) is 27.6 Å². The Bertz CT molecular complexity index is 1820. The standard InChI is InChI=1S/C11H14N2O4.C10H7N3O4.C8H5N5O3S/c1-8(2)7-17-11(14)12-9-3-5-10(6-4-9)13(15)16;14-10(8-2-1-5-17-8)12-9-4-3-7(6-11-9)13(15)16;14-8(6-4-17-12-11-6)10-7-2-1-5(3-9-7)13(15)16/h3-6,8H,7H2,1-2H3,(H,12,14);1-6H,(H,11,12,14);1-4H,(H,9,10,14). The van der Waals surface area contributed by atoms with Gasteiger partial charge in [0.15, 0.2) is 11.5 Å². The predicted octanol–water partition coefficient (Wildman–Crippen LogP) is 5.73. The van der Waals surface area contributed by atoms with Crippen molar-refractivity contribution in [2.75, 3.05) is 22.6 Å². The fraction of sp³-hybridized carbons (Fsp3) is 0.138. The number of non-ortho nitro benzene ring substituents is 1. The Kier molecular flexibility index (Phi) is 14.2. The van der Waals surface area contributed by atoms with Gasteiger partial charge in [0.1, 0.15) is 24.0 Å². The van der Waals surface area contributed by atoms with Crippen LogP contribution in [0.25, 0.3) is 0 Å². The molecule has 0 saturated carbocycles. The molecule has 5 rings (SSSR count). The molecule has 0 aliphatic heterocycles. The highest BCUT2D eigenvalue weighted by atomic mass is 32.1. The number of nitrogens with zero attached hydrogens (tertiary/aromatic N) is 7. The van der Waals surface area contributed by atoms with Gasteiger partial charge in [-0.2, -0.15) is 0 Å². The lowest BCUT2D eigenvalue weighted by molar-refractivity contribution is -0.385. The number of nitrogens with one attached hydrogen (secondary N) is 3. The number of benzene rings is 1. The van der Waals surface area contributed by atoms with E-state index in [1.807, 2.05) is 13.8 Å². The molecule has 0 aliphatic rings. The zero-order valence-corrected chi connectivity index (χ0v) is 27.2. The summed E-state index contributed by atoms with van der Waals surface area (Å²) in [6, 6.07) is 13.8. The molecule has 0 atom stereocenters. The van der Waals surface area contributed by atoms with E-state index in [-0.39, 0.29) is 46.1 Å². The van der Waals surface area contributed by atoms with Crippen molar-refractivity contribution in [2.24, 2.45) is 5.92 Å². The van der Waals surface area contributed by atoms with Crippen LogP contribution < -0.4 is 16.0 Å². The number of carbonyl (C=O) groups excluding carboxylic acids is 3. The van der Waals surface area contributed by atoms with Crippen LogP contribution in [0.3, 0.4) is 0 Å². The quantitative estimate of drug-likeness (QED) is 0.115. The van der Waals surface area contributed by atoms with E-state index < -0.39 is 32.7 Å². The van der Waals surface area contributed by atoms with Gasteiger partial charge >= 0.3 is 6.09 Å². The number of ether oxygens (including phenoxy) is 1. The number of amides is 3. The van der Waals surface area contributed by atoms with E-state index in [2.05, 4.69) is 35.5 Å². The van der Waals surface area contributed by atoms with Gasteiger partial charge in [0.2, 0.25) is 0 Å². The third-order valence-corrected chi connectivity index (χ3v) is 6.12. The number of nitro benzene ring substituents is 1. The van der Waals surface area contributed by atoms with Crippen LogP contribution in [-0.4, -0.2) is 58.8 Å². The van der Waals surface area contributed by atoms with Crippen LogP contribution in [0.5, 0.6) is 0 Å². The average molecular weight is 723 g/mol. The molecule has 0 aliphatic carbocycles. The number of anilines is 3. The summed E-state index contributed by atoms with van der Waals surface area (Å²) in [5.74, 6) is -0.0789. The lowest BCUT2D eigenvalue weighted by Gasteiger charge is -2.08. The minimum Gasteiger partial charge on any atom is -0.459 e. The Morgan fingerprint density at radius 3 is 1.76 bits per heavy atom. The maximum Gasteiger partial charge on any atom is 0.411 e. The molecule has 51 heavy (non-hydrogen) atoms. The first-order valence-electron chi connectivity index (χ1n) is 14.1. The fourth-order valence-corrected chi connectivity index (χ4v) is 3.66. The highest BCUT2D eigenvalue weighted by Gasteiger charge is 2.13. The zero-order valence-electron chi connectivity index (χ0n) is 26.4. The van der Waals surface area contributed by atoms with Crippen LogP contribution >= 0.6 is 11.5 Å². The van der Waals surface area contributed by atoms with E-state index >= 15 is 0 Å². The Labute approximate surface area is 290 Å². The minimum atomic E-state index is -0.567. The first-order valence-corrected chi connectivity index (χ1v) is 15.0. The molecule has 0 bridgehead atoms. The number of aromatic nitrogens is 4. The topological polar surface area (TPSA) is 291 Å². The molecule has 0 saturated heterocycles. The van der Waals surface area contributed by atoms with Crippen LogP contribution in [0.15, 0.2) is 89.1 Å². The Morgan fingerprint density at radius 1 is 0.784 bits per heavy atom. The van der Waals surface area contributed by atoms with Crippen molar-refractivity contribution in [3.05, 3.63) is 126 Å². The van der Waals surface area contributed by atoms with Gasteiger partial charge in [-0.1, -0.05) is 18.3 Å². The summed E-state index contributed by atoms with van der Waals surface area (Å²) >= 11 is 1.05. The van der Waals surface area contributed by atoms with E-state index in [9.17, 15) is 44.7 Å². The van der Waals surface area contributed by atoms with Crippen LogP contribution in [0.2, 0.25) is 0 Å². The summed E-state index contributed by atoms with van der Waals surface area (Å²) in [6.07, 6.45) is 2.94. The van der Waals surface area contributed by atoms with E-state index in [4.69, 9.17) is 9.15 Å².